The molecule has 0 bridgehead atoms. The Hall–Kier alpha value is -2.23. The number of carbonyl (C=O) groups is 1. The SMILES string of the molecule is COc1cc2c(cc1OC)[C@]13CCC=C[C@H]1[C@@H](CC=C(C)C)C(=O)N3CC2. The molecule has 3 aliphatic rings. The average Bonchev–Trinajstić information content (AvgIpc) is 2.93. The number of allylic oxidation sites excluding steroid dienone is 3. The minimum Gasteiger partial charge on any atom is -0.493 e. The summed E-state index contributed by atoms with van der Waals surface area (Å²) in [5, 5.41) is 0. The van der Waals surface area contributed by atoms with Crippen molar-refractivity contribution in [2.45, 2.75) is 45.1 Å². The summed E-state index contributed by atoms with van der Waals surface area (Å²) < 4.78 is 11.1. The topological polar surface area (TPSA) is 38.8 Å². The third-order valence-corrected chi connectivity index (χ3v) is 6.55. The molecule has 1 spiro atoms. The number of methoxy groups -OCH3 is 2. The fourth-order valence-corrected chi connectivity index (χ4v) is 5.35. The van der Waals surface area contributed by atoms with E-state index in [0.717, 1.165) is 43.7 Å². The van der Waals surface area contributed by atoms with Crippen LogP contribution in [-0.2, 0) is 16.8 Å². The molecule has 27 heavy (non-hydrogen) atoms. The standard InChI is InChI=1S/C23H29NO3/c1-15(2)8-9-17-18-7-5-6-11-23(18)19-14-21(27-4)20(26-3)13-16(19)10-12-24(23)22(17)25/h5,7-8,13-14,17-18H,6,9-12H2,1-4H3/t17-,18+,23+/m1/s1. The van der Waals surface area contributed by atoms with Gasteiger partial charge in [-0.05, 0) is 62.8 Å². The largest absolute Gasteiger partial charge is 0.493 e. The zero-order valence-corrected chi connectivity index (χ0v) is 16.7. The number of amides is 1. The van der Waals surface area contributed by atoms with Gasteiger partial charge in [0.25, 0.3) is 0 Å². The van der Waals surface area contributed by atoms with E-state index in [0.29, 0.717) is 5.91 Å². The van der Waals surface area contributed by atoms with Crippen molar-refractivity contribution in [3.63, 3.8) is 0 Å². The highest BCUT2D eigenvalue weighted by Gasteiger charge is 2.59. The van der Waals surface area contributed by atoms with Crippen LogP contribution in [0.3, 0.4) is 0 Å². The first kappa shape index (κ1) is 18.1. The molecule has 1 fully saturated rings. The first-order valence-electron chi connectivity index (χ1n) is 9.89. The van der Waals surface area contributed by atoms with Gasteiger partial charge in [0.05, 0.1) is 25.7 Å². The molecule has 4 heteroatoms. The van der Waals surface area contributed by atoms with Gasteiger partial charge in [-0.15, -0.1) is 0 Å². The third kappa shape index (κ3) is 2.60. The van der Waals surface area contributed by atoms with E-state index in [-0.39, 0.29) is 17.4 Å². The van der Waals surface area contributed by atoms with Crippen molar-refractivity contribution < 1.29 is 14.3 Å². The first-order chi connectivity index (χ1) is 13.0. The number of nitrogens with zero attached hydrogens (tertiary/aromatic N) is 1. The number of hydrogen-bond donors (Lipinski definition) is 0. The van der Waals surface area contributed by atoms with Crippen LogP contribution < -0.4 is 9.47 Å². The van der Waals surface area contributed by atoms with E-state index >= 15 is 0 Å². The van der Waals surface area contributed by atoms with Crippen LogP contribution in [0.4, 0.5) is 0 Å². The second kappa shape index (κ2) is 6.74. The third-order valence-electron chi connectivity index (χ3n) is 6.55. The molecule has 1 amide bonds. The van der Waals surface area contributed by atoms with Crippen molar-refractivity contribution >= 4 is 5.91 Å². The Morgan fingerprint density at radius 1 is 1.26 bits per heavy atom. The highest BCUT2D eigenvalue weighted by atomic mass is 16.5. The molecule has 1 aromatic carbocycles. The quantitative estimate of drug-likeness (QED) is 0.748. The lowest BCUT2D eigenvalue weighted by Gasteiger charge is -2.48. The molecule has 2 heterocycles. The van der Waals surface area contributed by atoms with Crippen molar-refractivity contribution in [1.82, 2.24) is 4.90 Å². The molecule has 0 radical (unpaired) electrons. The van der Waals surface area contributed by atoms with E-state index in [4.69, 9.17) is 9.47 Å². The maximum absolute atomic E-state index is 13.4. The summed E-state index contributed by atoms with van der Waals surface area (Å²) in [5.74, 6) is 2.07. The maximum Gasteiger partial charge on any atom is 0.227 e. The molecular formula is C23H29NO3. The Bertz CT molecular complexity index is 821. The Morgan fingerprint density at radius 2 is 2.00 bits per heavy atom. The molecule has 1 aliphatic carbocycles. The number of hydrogen-bond acceptors (Lipinski definition) is 3. The van der Waals surface area contributed by atoms with Crippen LogP contribution in [0.25, 0.3) is 0 Å². The van der Waals surface area contributed by atoms with Gasteiger partial charge in [-0.25, -0.2) is 0 Å². The van der Waals surface area contributed by atoms with Crippen LogP contribution in [-0.4, -0.2) is 31.6 Å². The van der Waals surface area contributed by atoms with Crippen LogP contribution in [0, 0.1) is 11.8 Å². The smallest absolute Gasteiger partial charge is 0.227 e. The van der Waals surface area contributed by atoms with E-state index in [2.05, 4.69) is 49.1 Å². The van der Waals surface area contributed by atoms with Gasteiger partial charge in [-0.3, -0.25) is 4.79 Å². The van der Waals surface area contributed by atoms with Gasteiger partial charge in [0, 0.05) is 12.5 Å². The summed E-state index contributed by atoms with van der Waals surface area (Å²) in [5.41, 5.74) is 3.58. The van der Waals surface area contributed by atoms with Crippen molar-refractivity contribution in [2.24, 2.45) is 11.8 Å². The predicted molar refractivity (Wildman–Crippen MR) is 106 cm³/mol. The normalized spacial score (nSPS) is 28.3. The average molecular weight is 367 g/mol. The van der Waals surface area contributed by atoms with Crippen LogP contribution in [0.5, 0.6) is 11.5 Å². The van der Waals surface area contributed by atoms with Gasteiger partial charge in [0.15, 0.2) is 11.5 Å². The van der Waals surface area contributed by atoms with Crippen LogP contribution in [0.1, 0.15) is 44.2 Å². The molecule has 1 saturated heterocycles. The minimum atomic E-state index is -0.237. The second-order valence-electron chi connectivity index (χ2n) is 8.14. The van der Waals surface area contributed by atoms with E-state index < -0.39 is 0 Å². The highest BCUT2D eigenvalue weighted by molar-refractivity contribution is 5.85. The summed E-state index contributed by atoms with van der Waals surface area (Å²) in [4.78, 5) is 15.6. The molecular weight excluding hydrogens is 338 g/mol. The molecule has 3 atom stereocenters. The summed E-state index contributed by atoms with van der Waals surface area (Å²) in [6, 6.07) is 4.24. The van der Waals surface area contributed by atoms with Gasteiger partial charge in [-0.1, -0.05) is 23.8 Å². The summed E-state index contributed by atoms with van der Waals surface area (Å²) in [6.45, 7) is 4.99. The van der Waals surface area contributed by atoms with Gasteiger partial charge in [0.2, 0.25) is 5.91 Å². The lowest BCUT2D eigenvalue weighted by molar-refractivity contribution is -0.134. The highest BCUT2D eigenvalue weighted by Crippen LogP contribution is 2.57. The summed E-state index contributed by atoms with van der Waals surface area (Å²) in [7, 11) is 3.36. The lowest BCUT2D eigenvalue weighted by Crippen LogP contribution is -2.51. The number of ether oxygens (including phenoxy) is 2. The monoisotopic (exact) mass is 367 g/mol. The van der Waals surface area contributed by atoms with Crippen LogP contribution >= 0.6 is 0 Å². The number of rotatable bonds is 4. The Kier molecular flexibility index (Phi) is 4.53. The number of benzene rings is 1. The lowest BCUT2D eigenvalue weighted by atomic mass is 9.66. The zero-order chi connectivity index (χ0) is 19.2. The van der Waals surface area contributed by atoms with Crippen molar-refractivity contribution in [1.29, 1.82) is 0 Å². The van der Waals surface area contributed by atoms with Gasteiger partial charge >= 0.3 is 0 Å². The van der Waals surface area contributed by atoms with Crippen molar-refractivity contribution in [3.8, 4) is 11.5 Å². The fraction of sp³-hybridized carbons (Fsp3) is 0.522. The predicted octanol–water partition coefficient (Wildman–Crippen LogP) is 4.24. The van der Waals surface area contributed by atoms with Gasteiger partial charge in [-0.2, -0.15) is 0 Å². The summed E-state index contributed by atoms with van der Waals surface area (Å²) in [6.07, 6.45) is 10.4. The molecule has 2 aliphatic heterocycles. The molecule has 4 rings (SSSR count). The van der Waals surface area contributed by atoms with Gasteiger partial charge < -0.3 is 14.4 Å². The molecule has 0 aromatic heterocycles. The Labute approximate surface area is 161 Å². The molecule has 0 saturated carbocycles. The van der Waals surface area contributed by atoms with E-state index in [9.17, 15) is 4.79 Å². The van der Waals surface area contributed by atoms with Crippen LogP contribution in [0.15, 0.2) is 35.9 Å². The van der Waals surface area contributed by atoms with Gasteiger partial charge in [0.1, 0.15) is 0 Å². The zero-order valence-electron chi connectivity index (χ0n) is 16.7. The number of fused-ring (bicyclic) bond motifs is 1. The molecule has 4 nitrogen and oxygen atoms in total. The maximum atomic E-state index is 13.4. The second-order valence-corrected chi connectivity index (χ2v) is 8.14. The molecule has 1 aromatic rings. The molecule has 0 N–H and O–H groups in total. The Balaban J connectivity index is 1.87. The van der Waals surface area contributed by atoms with E-state index in [1.165, 1.54) is 16.7 Å². The van der Waals surface area contributed by atoms with Crippen molar-refractivity contribution in [3.05, 3.63) is 47.1 Å². The first-order valence-corrected chi connectivity index (χ1v) is 9.89. The minimum absolute atomic E-state index is 0.0236. The van der Waals surface area contributed by atoms with E-state index in [1.807, 2.05) is 0 Å². The van der Waals surface area contributed by atoms with Crippen LogP contribution in [0.2, 0.25) is 0 Å². The summed E-state index contributed by atoms with van der Waals surface area (Å²) >= 11 is 0. The molecule has 144 valence electrons. The molecule has 0 unspecified atom stereocenters. The Morgan fingerprint density at radius 3 is 2.70 bits per heavy atom. The number of carbonyl (C=O) groups excluding carboxylic acids is 1. The fourth-order valence-electron chi connectivity index (χ4n) is 5.35. The van der Waals surface area contributed by atoms with E-state index in [1.54, 1.807) is 14.2 Å². The van der Waals surface area contributed by atoms with Crippen molar-refractivity contribution in [2.75, 3.05) is 20.8 Å².